The molecule has 96 valence electrons. The van der Waals surface area contributed by atoms with Crippen molar-refractivity contribution in [1.82, 2.24) is 20.2 Å². The molecule has 0 aliphatic rings. The number of aromatic amines is 1. The maximum atomic E-state index is 11.4. The van der Waals surface area contributed by atoms with E-state index in [-0.39, 0.29) is 5.16 Å². The molecule has 2 heterocycles. The largest absolute Gasteiger partial charge is 0.323 e. The lowest BCUT2D eigenvalue weighted by Gasteiger charge is -2.05. The molecule has 0 radical (unpaired) electrons. The van der Waals surface area contributed by atoms with Crippen LogP contribution < -0.4 is 5.32 Å². The van der Waals surface area contributed by atoms with Gasteiger partial charge in [0.15, 0.2) is 5.82 Å². The highest BCUT2D eigenvalue weighted by atomic mass is 32.2. The molecule has 2 aromatic heterocycles. The lowest BCUT2D eigenvalue weighted by molar-refractivity contribution is 0.592. The zero-order valence-electron chi connectivity index (χ0n) is 10.2. The van der Waals surface area contributed by atoms with Gasteiger partial charge in [-0.1, -0.05) is 0 Å². The Labute approximate surface area is 105 Å². The number of hydrogen-bond acceptors (Lipinski definition) is 6. The third kappa shape index (κ3) is 2.83. The van der Waals surface area contributed by atoms with E-state index >= 15 is 0 Å². The zero-order chi connectivity index (χ0) is 13.3. The molecule has 0 atom stereocenters. The van der Waals surface area contributed by atoms with Crippen LogP contribution in [0.25, 0.3) is 0 Å². The van der Waals surface area contributed by atoms with E-state index in [1.54, 1.807) is 19.1 Å². The summed E-state index contributed by atoms with van der Waals surface area (Å²) in [4.78, 5) is 7.83. The molecule has 0 amide bonds. The number of sulfone groups is 1. The number of aryl methyl sites for hydroxylation is 2. The van der Waals surface area contributed by atoms with Crippen LogP contribution >= 0.6 is 0 Å². The number of aromatic nitrogens is 4. The first-order valence-corrected chi connectivity index (χ1v) is 7.08. The molecule has 2 rings (SSSR count). The molecule has 0 aliphatic heterocycles. The molecule has 0 saturated heterocycles. The highest BCUT2D eigenvalue weighted by molar-refractivity contribution is 7.90. The Morgan fingerprint density at radius 1 is 1.17 bits per heavy atom. The molecule has 0 bridgehead atoms. The topological polar surface area (TPSA) is 101 Å². The van der Waals surface area contributed by atoms with Crippen LogP contribution in [0.1, 0.15) is 11.4 Å². The Morgan fingerprint density at radius 3 is 2.44 bits per heavy atom. The summed E-state index contributed by atoms with van der Waals surface area (Å²) in [7, 11) is -3.43. The predicted molar refractivity (Wildman–Crippen MR) is 66.5 cm³/mol. The monoisotopic (exact) mass is 267 g/mol. The standard InChI is InChI=1S/C10H13N5O2S/c1-6-4-8(12-9-5-7(2)14-15-9)13-10(11-6)18(3,16)17/h4-5H,1-3H3,(H2,11,12,13,14,15). The van der Waals surface area contributed by atoms with Gasteiger partial charge in [-0.15, -0.1) is 0 Å². The van der Waals surface area contributed by atoms with Crippen molar-refractivity contribution in [3.63, 3.8) is 0 Å². The molecule has 0 aromatic carbocycles. The molecule has 0 fully saturated rings. The van der Waals surface area contributed by atoms with Gasteiger partial charge in [0, 0.05) is 29.8 Å². The van der Waals surface area contributed by atoms with Gasteiger partial charge in [-0.2, -0.15) is 5.10 Å². The highest BCUT2D eigenvalue weighted by Crippen LogP contribution is 2.15. The van der Waals surface area contributed by atoms with Crippen LogP contribution in [-0.2, 0) is 9.84 Å². The summed E-state index contributed by atoms with van der Waals surface area (Å²) in [6.07, 6.45) is 1.07. The molecular formula is C10H13N5O2S. The lowest BCUT2D eigenvalue weighted by Crippen LogP contribution is -2.07. The van der Waals surface area contributed by atoms with Crippen LogP contribution in [0, 0.1) is 13.8 Å². The second-order valence-electron chi connectivity index (χ2n) is 4.01. The third-order valence-electron chi connectivity index (χ3n) is 2.13. The summed E-state index contributed by atoms with van der Waals surface area (Å²) in [5, 5.41) is 9.48. The number of nitrogens with one attached hydrogen (secondary N) is 2. The molecule has 0 saturated carbocycles. The normalized spacial score (nSPS) is 11.5. The first-order valence-electron chi connectivity index (χ1n) is 5.19. The van der Waals surface area contributed by atoms with Crippen LogP contribution in [0.4, 0.5) is 11.6 Å². The van der Waals surface area contributed by atoms with Crippen molar-refractivity contribution in [2.24, 2.45) is 0 Å². The van der Waals surface area contributed by atoms with Gasteiger partial charge in [0.05, 0.1) is 0 Å². The smallest absolute Gasteiger partial charge is 0.248 e. The second-order valence-corrected chi connectivity index (χ2v) is 5.92. The van der Waals surface area contributed by atoms with Crippen molar-refractivity contribution in [3.8, 4) is 0 Å². The zero-order valence-corrected chi connectivity index (χ0v) is 11.0. The summed E-state index contributed by atoms with van der Waals surface area (Å²) in [6.45, 7) is 3.57. The fourth-order valence-corrected chi connectivity index (χ4v) is 1.96. The summed E-state index contributed by atoms with van der Waals surface area (Å²) in [6, 6.07) is 3.44. The molecule has 2 aromatic rings. The fraction of sp³-hybridized carbons (Fsp3) is 0.300. The third-order valence-corrected chi connectivity index (χ3v) is 2.97. The average Bonchev–Trinajstić information content (AvgIpc) is 2.61. The number of hydrogen-bond donors (Lipinski definition) is 2. The van der Waals surface area contributed by atoms with E-state index < -0.39 is 9.84 Å². The van der Waals surface area contributed by atoms with Crippen LogP contribution in [0.15, 0.2) is 17.3 Å². The Kier molecular flexibility index (Phi) is 3.04. The SMILES string of the molecule is Cc1cc(Nc2cc(C)[nH]n2)nc(S(C)(=O)=O)n1. The van der Waals surface area contributed by atoms with Crippen molar-refractivity contribution < 1.29 is 8.42 Å². The Hall–Kier alpha value is -1.96. The van der Waals surface area contributed by atoms with Crippen LogP contribution in [0.5, 0.6) is 0 Å². The number of H-pyrrole nitrogens is 1. The van der Waals surface area contributed by atoms with E-state index in [2.05, 4.69) is 25.5 Å². The minimum atomic E-state index is -3.43. The summed E-state index contributed by atoms with van der Waals surface area (Å²) in [5.74, 6) is 0.972. The van der Waals surface area contributed by atoms with Crippen molar-refractivity contribution >= 4 is 21.5 Å². The van der Waals surface area contributed by atoms with Gasteiger partial charge in [-0.3, -0.25) is 5.10 Å². The van der Waals surface area contributed by atoms with E-state index in [9.17, 15) is 8.42 Å². The second kappa shape index (κ2) is 4.37. The molecule has 0 unspecified atom stereocenters. The van der Waals surface area contributed by atoms with E-state index in [1.807, 2.05) is 6.92 Å². The Bertz CT molecular complexity index is 677. The number of anilines is 2. The van der Waals surface area contributed by atoms with Gasteiger partial charge >= 0.3 is 0 Å². The van der Waals surface area contributed by atoms with Crippen LogP contribution in [0.2, 0.25) is 0 Å². The van der Waals surface area contributed by atoms with Gasteiger partial charge in [0.2, 0.25) is 15.0 Å². The summed E-state index contributed by atoms with van der Waals surface area (Å²) < 4.78 is 22.8. The first kappa shape index (κ1) is 12.5. The minimum Gasteiger partial charge on any atom is -0.323 e. The fourth-order valence-electron chi connectivity index (χ4n) is 1.38. The van der Waals surface area contributed by atoms with Gasteiger partial charge in [-0.25, -0.2) is 18.4 Å². The Morgan fingerprint density at radius 2 is 1.89 bits per heavy atom. The predicted octanol–water partition coefficient (Wildman–Crippen LogP) is 0.964. The lowest BCUT2D eigenvalue weighted by atomic mass is 10.4. The molecule has 7 nitrogen and oxygen atoms in total. The van der Waals surface area contributed by atoms with Gasteiger partial charge in [0.1, 0.15) is 5.82 Å². The van der Waals surface area contributed by atoms with E-state index in [1.165, 1.54) is 0 Å². The van der Waals surface area contributed by atoms with Crippen molar-refractivity contribution in [2.45, 2.75) is 19.0 Å². The van der Waals surface area contributed by atoms with Gasteiger partial charge in [0.25, 0.3) is 0 Å². The van der Waals surface area contributed by atoms with Crippen molar-refractivity contribution in [3.05, 3.63) is 23.5 Å². The first-order chi connectivity index (χ1) is 8.34. The van der Waals surface area contributed by atoms with Crippen molar-refractivity contribution in [1.29, 1.82) is 0 Å². The van der Waals surface area contributed by atoms with Gasteiger partial charge < -0.3 is 5.32 Å². The molecule has 2 N–H and O–H groups in total. The van der Waals surface area contributed by atoms with Crippen LogP contribution in [-0.4, -0.2) is 34.8 Å². The molecule has 0 spiro atoms. The molecule has 18 heavy (non-hydrogen) atoms. The van der Waals surface area contributed by atoms with Crippen molar-refractivity contribution in [2.75, 3.05) is 11.6 Å². The van der Waals surface area contributed by atoms with E-state index in [4.69, 9.17) is 0 Å². The summed E-state index contributed by atoms with van der Waals surface area (Å²) in [5.41, 5.74) is 1.46. The maximum Gasteiger partial charge on any atom is 0.248 e. The molecule has 0 aliphatic carbocycles. The average molecular weight is 267 g/mol. The highest BCUT2D eigenvalue weighted by Gasteiger charge is 2.13. The molecular weight excluding hydrogens is 254 g/mol. The number of rotatable bonds is 3. The molecule has 8 heteroatoms. The van der Waals surface area contributed by atoms with Gasteiger partial charge in [-0.05, 0) is 13.8 Å². The minimum absolute atomic E-state index is 0.197. The number of nitrogens with zero attached hydrogens (tertiary/aromatic N) is 3. The maximum absolute atomic E-state index is 11.4. The quantitative estimate of drug-likeness (QED) is 0.803. The summed E-state index contributed by atoms with van der Waals surface area (Å²) >= 11 is 0. The Balaban J connectivity index is 2.37. The van der Waals surface area contributed by atoms with E-state index in [0.717, 1.165) is 11.9 Å². The van der Waals surface area contributed by atoms with Crippen LogP contribution in [0.3, 0.4) is 0 Å². The van der Waals surface area contributed by atoms with E-state index in [0.29, 0.717) is 17.3 Å².